The Kier molecular flexibility index (Phi) is 5.68. The van der Waals surface area contributed by atoms with Crippen LogP contribution in [0.1, 0.15) is 11.1 Å². The van der Waals surface area contributed by atoms with Crippen molar-refractivity contribution in [2.45, 2.75) is 6.42 Å². The Balaban J connectivity index is 1.96. The van der Waals surface area contributed by atoms with Gasteiger partial charge in [-0.15, -0.1) is 6.58 Å². The quantitative estimate of drug-likeness (QED) is 0.343. The number of phenols is 1. The molecule has 0 aliphatic carbocycles. The number of hydrogen-bond acceptors (Lipinski definition) is 3. The molecule has 0 atom stereocenters. The van der Waals surface area contributed by atoms with Crippen LogP contribution in [0, 0.1) is 0 Å². The highest BCUT2D eigenvalue weighted by Crippen LogP contribution is 2.21. The fourth-order valence-corrected chi connectivity index (χ4v) is 2.05. The maximum atomic E-state index is 10.1. The molecule has 0 spiro atoms. The molecule has 2 aromatic carbocycles. The van der Waals surface area contributed by atoms with Crippen LogP contribution in [-0.4, -0.2) is 16.4 Å². The minimum atomic E-state index is 0.204. The van der Waals surface area contributed by atoms with Crippen LogP contribution in [-0.2, 0) is 6.42 Å². The molecule has 0 amide bonds. The van der Waals surface area contributed by atoms with Crippen LogP contribution in [0.2, 0.25) is 0 Å². The van der Waals surface area contributed by atoms with Crippen molar-refractivity contribution in [3.8, 4) is 5.75 Å². The summed E-state index contributed by atoms with van der Waals surface area (Å²) in [5, 5.41) is 17.5. The van der Waals surface area contributed by atoms with Crippen molar-refractivity contribution < 1.29 is 5.11 Å². The summed E-state index contributed by atoms with van der Waals surface area (Å²) in [5.41, 5.74) is 5.03. The van der Waals surface area contributed by atoms with Crippen molar-refractivity contribution in [2.24, 2.45) is 5.10 Å². The number of nitrogens with one attached hydrogen (secondary N) is 2. The van der Waals surface area contributed by atoms with E-state index in [-0.39, 0.29) is 5.75 Å². The van der Waals surface area contributed by atoms with Crippen LogP contribution in [0.25, 0.3) is 0 Å². The van der Waals surface area contributed by atoms with Gasteiger partial charge in [-0.3, -0.25) is 5.43 Å². The first-order valence-corrected chi connectivity index (χ1v) is 7.18. The average Bonchev–Trinajstić information content (AvgIpc) is 2.52. The fraction of sp³-hybridized carbons (Fsp3) is 0.0588. The van der Waals surface area contributed by atoms with Crippen LogP contribution < -0.4 is 10.7 Å². The molecule has 0 bridgehead atoms. The third-order valence-corrected chi connectivity index (χ3v) is 3.11. The summed E-state index contributed by atoms with van der Waals surface area (Å²) in [6, 6.07) is 15.1. The normalized spacial score (nSPS) is 10.4. The van der Waals surface area contributed by atoms with Crippen LogP contribution in [0.5, 0.6) is 5.75 Å². The molecule has 4 nitrogen and oxygen atoms in total. The molecule has 0 radical (unpaired) electrons. The first-order valence-electron chi connectivity index (χ1n) is 6.77. The first-order chi connectivity index (χ1) is 10.7. The molecule has 0 fully saturated rings. The van der Waals surface area contributed by atoms with E-state index < -0.39 is 0 Å². The number of benzene rings is 2. The van der Waals surface area contributed by atoms with Crippen molar-refractivity contribution >= 4 is 29.2 Å². The molecule has 0 unspecified atom stereocenters. The van der Waals surface area contributed by atoms with Gasteiger partial charge in [0.1, 0.15) is 5.75 Å². The second kappa shape index (κ2) is 7.95. The molecule has 2 aromatic rings. The highest BCUT2D eigenvalue weighted by Gasteiger charge is 2.03. The maximum absolute atomic E-state index is 10.1. The second-order valence-electron chi connectivity index (χ2n) is 4.54. The third kappa shape index (κ3) is 4.43. The maximum Gasteiger partial charge on any atom is 0.191 e. The number of phenolic OH excluding ortho intramolecular Hbond substituents is 1. The van der Waals surface area contributed by atoms with Gasteiger partial charge in [-0.1, -0.05) is 36.4 Å². The number of hydrazone groups is 1. The Hall–Kier alpha value is -2.66. The van der Waals surface area contributed by atoms with E-state index in [9.17, 15) is 5.11 Å². The molecule has 0 heterocycles. The van der Waals surface area contributed by atoms with Gasteiger partial charge < -0.3 is 10.4 Å². The van der Waals surface area contributed by atoms with Gasteiger partial charge in [0.25, 0.3) is 0 Å². The van der Waals surface area contributed by atoms with E-state index in [0.717, 1.165) is 11.3 Å². The standard InChI is InChI=1S/C17H17N3OS/c1-2-7-13-8-6-9-14(16(13)21)12-18-20-17(22)19-15-10-4-3-5-11-15/h2-6,8-12,21H,1,7H2,(H2,19,20,22)/b18-12-. The molecule has 5 heteroatoms. The van der Waals surface area contributed by atoms with Gasteiger partial charge in [-0.2, -0.15) is 5.10 Å². The topological polar surface area (TPSA) is 56.7 Å². The van der Waals surface area contributed by atoms with E-state index in [1.807, 2.05) is 42.5 Å². The van der Waals surface area contributed by atoms with Crippen LogP contribution >= 0.6 is 12.2 Å². The zero-order chi connectivity index (χ0) is 15.8. The number of anilines is 1. The lowest BCUT2D eigenvalue weighted by Gasteiger charge is -2.07. The van der Waals surface area contributed by atoms with Gasteiger partial charge in [0.05, 0.1) is 6.21 Å². The Morgan fingerprint density at radius 1 is 1.18 bits per heavy atom. The molecule has 112 valence electrons. The molecule has 0 saturated carbocycles. The largest absolute Gasteiger partial charge is 0.507 e. The molecular weight excluding hydrogens is 294 g/mol. The van der Waals surface area contributed by atoms with Gasteiger partial charge in [0.15, 0.2) is 5.11 Å². The smallest absolute Gasteiger partial charge is 0.191 e. The van der Waals surface area contributed by atoms with Gasteiger partial charge >= 0.3 is 0 Å². The molecule has 2 rings (SSSR count). The summed E-state index contributed by atoms with van der Waals surface area (Å²) in [6.45, 7) is 3.67. The molecular formula is C17H17N3OS. The molecule has 0 saturated heterocycles. The summed E-state index contributed by atoms with van der Waals surface area (Å²) in [7, 11) is 0. The van der Waals surface area contributed by atoms with E-state index in [0.29, 0.717) is 17.1 Å². The molecule has 3 N–H and O–H groups in total. The minimum absolute atomic E-state index is 0.204. The zero-order valence-corrected chi connectivity index (χ0v) is 12.8. The number of para-hydroxylation sites is 2. The summed E-state index contributed by atoms with van der Waals surface area (Å²) in [6.07, 6.45) is 3.88. The lowest BCUT2D eigenvalue weighted by molar-refractivity contribution is 0.469. The van der Waals surface area contributed by atoms with E-state index in [1.165, 1.54) is 6.21 Å². The highest BCUT2D eigenvalue weighted by molar-refractivity contribution is 7.80. The molecule has 22 heavy (non-hydrogen) atoms. The van der Waals surface area contributed by atoms with Crippen molar-refractivity contribution in [1.82, 2.24) is 5.43 Å². The molecule has 0 aromatic heterocycles. The summed E-state index contributed by atoms with van der Waals surface area (Å²) >= 11 is 5.14. The Labute approximate surface area is 135 Å². The third-order valence-electron chi connectivity index (χ3n) is 2.92. The predicted octanol–water partition coefficient (Wildman–Crippen LogP) is 3.44. The molecule has 0 aliphatic heterocycles. The number of rotatable bonds is 5. The second-order valence-corrected chi connectivity index (χ2v) is 4.95. The summed E-state index contributed by atoms with van der Waals surface area (Å²) in [4.78, 5) is 0. The number of thiocarbonyl (C=S) groups is 1. The Morgan fingerprint density at radius 2 is 1.95 bits per heavy atom. The lowest BCUT2D eigenvalue weighted by Crippen LogP contribution is -2.23. The zero-order valence-electron chi connectivity index (χ0n) is 12.0. The van der Waals surface area contributed by atoms with Gasteiger partial charge in [-0.25, -0.2) is 0 Å². The number of hydrogen-bond donors (Lipinski definition) is 3. The van der Waals surface area contributed by atoms with Crippen molar-refractivity contribution in [3.05, 3.63) is 72.3 Å². The van der Waals surface area contributed by atoms with Crippen molar-refractivity contribution in [2.75, 3.05) is 5.32 Å². The number of allylic oxidation sites excluding steroid dienone is 1. The van der Waals surface area contributed by atoms with Crippen LogP contribution in [0.3, 0.4) is 0 Å². The van der Waals surface area contributed by atoms with Crippen LogP contribution in [0.15, 0.2) is 66.3 Å². The molecule has 0 aliphatic rings. The van der Waals surface area contributed by atoms with E-state index in [2.05, 4.69) is 22.4 Å². The van der Waals surface area contributed by atoms with E-state index in [4.69, 9.17) is 12.2 Å². The van der Waals surface area contributed by atoms with E-state index >= 15 is 0 Å². The lowest BCUT2D eigenvalue weighted by atomic mass is 10.1. The Bertz CT molecular complexity index is 684. The van der Waals surface area contributed by atoms with Crippen molar-refractivity contribution in [3.63, 3.8) is 0 Å². The predicted molar refractivity (Wildman–Crippen MR) is 95.4 cm³/mol. The summed E-state index contributed by atoms with van der Waals surface area (Å²) in [5.74, 6) is 0.204. The van der Waals surface area contributed by atoms with Crippen molar-refractivity contribution in [1.29, 1.82) is 0 Å². The fourth-order valence-electron chi connectivity index (χ4n) is 1.88. The minimum Gasteiger partial charge on any atom is -0.507 e. The Morgan fingerprint density at radius 3 is 2.68 bits per heavy atom. The first kappa shape index (κ1) is 15.7. The average molecular weight is 311 g/mol. The number of aromatic hydroxyl groups is 1. The van der Waals surface area contributed by atoms with Gasteiger partial charge in [0.2, 0.25) is 0 Å². The monoisotopic (exact) mass is 311 g/mol. The highest BCUT2D eigenvalue weighted by atomic mass is 32.1. The van der Waals surface area contributed by atoms with Crippen LogP contribution in [0.4, 0.5) is 5.69 Å². The van der Waals surface area contributed by atoms with Gasteiger partial charge in [0, 0.05) is 11.3 Å². The van der Waals surface area contributed by atoms with Gasteiger partial charge in [-0.05, 0) is 42.4 Å². The SMILES string of the molecule is C=CCc1cccc(/C=N\NC(=S)Nc2ccccc2)c1O. The number of nitrogens with zero attached hydrogens (tertiary/aromatic N) is 1. The summed E-state index contributed by atoms with van der Waals surface area (Å²) < 4.78 is 0. The van der Waals surface area contributed by atoms with E-state index in [1.54, 1.807) is 12.1 Å².